The summed E-state index contributed by atoms with van der Waals surface area (Å²) in [6.07, 6.45) is 0. The standard InChI is InChI=1S/C25H19FN2O4/c1-3-31-17-8-5-7-15(12-17)22-21-23(29)18-13-16(26)10-11-19(18)32-24(21)25(30)28(22)20-9-4-6-14(2)27-20/h4-13,22H,3H2,1-2H3/t22-/m1/s1. The van der Waals surface area contributed by atoms with Gasteiger partial charge in [0.1, 0.15) is 23.0 Å². The van der Waals surface area contributed by atoms with Crippen LogP contribution in [-0.4, -0.2) is 17.5 Å². The van der Waals surface area contributed by atoms with Gasteiger partial charge in [-0.2, -0.15) is 0 Å². The maximum absolute atomic E-state index is 13.9. The van der Waals surface area contributed by atoms with Crippen LogP contribution in [0.1, 0.15) is 40.3 Å². The van der Waals surface area contributed by atoms with E-state index in [4.69, 9.17) is 9.15 Å². The lowest BCUT2D eigenvalue weighted by Gasteiger charge is -2.24. The van der Waals surface area contributed by atoms with E-state index in [1.807, 2.05) is 26.0 Å². The molecule has 0 saturated heterocycles. The third kappa shape index (κ3) is 3.13. The highest BCUT2D eigenvalue weighted by atomic mass is 19.1. The average molecular weight is 430 g/mol. The van der Waals surface area contributed by atoms with Crippen LogP contribution in [0.2, 0.25) is 0 Å². The van der Waals surface area contributed by atoms with E-state index in [1.54, 1.807) is 30.3 Å². The van der Waals surface area contributed by atoms with Gasteiger partial charge in [0.15, 0.2) is 5.43 Å². The first-order valence-electron chi connectivity index (χ1n) is 10.2. The monoisotopic (exact) mass is 430 g/mol. The average Bonchev–Trinajstić information content (AvgIpc) is 3.07. The van der Waals surface area contributed by atoms with Crippen LogP contribution < -0.4 is 15.1 Å². The molecular formula is C25H19FN2O4. The van der Waals surface area contributed by atoms with Crippen molar-refractivity contribution in [2.45, 2.75) is 19.9 Å². The molecule has 2 aromatic heterocycles. The summed E-state index contributed by atoms with van der Waals surface area (Å²) in [5, 5.41) is 0.0848. The normalized spacial score (nSPS) is 15.3. The molecule has 1 aliphatic heterocycles. The molecule has 0 unspecified atom stereocenters. The van der Waals surface area contributed by atoms with Crippen molar-refractivity contribution >= 4 is 22.7 Å². The number of hydrogen-bond acceptors (Lipinski definition) is 5. The third-order valence-corrected chi connectivity index (χ3v) is 5.44. The Bertz CT molecular complexity index is 1430. The van der Waals surface area contributed by atoms with Gasteiger partial charge in [0, 0.05) is 5.69 Å². The zero-order chi connectivity index (χ0) is 22.4. The first kappa shape index (κ1) is 19.9. The van der Waals surface area contributed by atoms with Gasteiger partial charge < -0.3 is 9.15 Å². The van der Waals surface area contributed by atoms with E-state index in [2.05, 4.69) is 4.98 Å². The molecule has 1 atom stereocenters. The SMILES string of the molecule is CCOc1cccc([C@@H]2c3c(oc4ccc(F)cc4c3=O)C(=O)N2c2cccc(C)n2)c1. The van der Waals surface area contributed by atoms with Gasteiger partial charge in [0.2, 0.25) is 5.76 Å². The Morgan fingerprint density at radius 1 is 1.09 bits per heavy atom. The van der Waals surface area contributed by atoms with Crippen molar-refractivity contribution in [1.29, 1.82) is 0 Å². The molecule has 0 aliphatic carbocycles. The van der Waals surface area contributed by atoms with Gasteiger partial charge in [-0.3, -0.25) is 14.5 Å². The lowest BCUT2D eigenvalue weighted by molar-refractivity contribution is 0.0970. The highest BCUT2D eigenvalue weighted by Crippen LogP contribution is 2.41. The van der Waals surface area contributed by atoms with Gasteiger partial charge in [-0.05, 0) is 61.9 Å². The number of rotatable bonds is 4. The molecule has 6 nitrogen and oxygen atoms in total. The lowest BCUT2D eigenvalue weighted by Crippen LogP contribution is -2.30. The van der Waals surface area contributed by atoms with Gasteiger partial charge in [0.25, 0.3) is 5.91 Å². The van der Waals surface area contributed by atoms with Gasteiger partial charge in [-0.1, -0.05) is 18.2 Å². The molecule has 160 valence electrons. The van der Waals surface area contributed by atoms with E-state index >= 15 is 0 Å². The highest BCUT2D eigenvalue weighted by molar-refractivity contribution is 6.10. The summed E-state index contributed by atoms with van der Waals surface area (Å²) in [5.41, 5.74) is 1.25. The fourth-order valence-electron chi connectivity index (χ4n) is 4.10. The van der Waals surface area contributed by atoms with Crippen molar-refractivity contribution < 1.29 is 18.3 Å². The molecule has 0 bridgehead atoms. The van der Waals surface area contributed by atoms with Crippen LogP contribution in [0.25, 0.3) is 11.0 Å². The molecule has 4 aromatic rings. The summed E-state index contributed by atoms with van der Waals surface area (Å²) in [7, 11) is 0. The number of halogens is 1. The number of hydrogen-bond donors (Lipinski definition) is 0. The second-order valence-electron chi connectivity index (χ2n) is 7.53. The van der Waals surface area contributed by atoms with Gasteiger partial charge in [-0.25, -0.2) is 9.37 Å². The Balaban J connectivity index is 1.80. The number of aromatic nitrogens is 1. The van der Waals surface area contributed by atoms with E-state index < -0.39 is 23.2 Å². The summed E-state index contributed by atoms with van der Waals surface area (Å²) in [4.78, 5) is 33.0. The van der Waals surface area contributed by atoms with Crippen LogP contribution in [0.5, 0.6) is 5.75 Å². The molecule has 2 aromatic carbocycles. The number of ether oxygens (including phenoxy) is 1. The maximum Gasteiger partial charge on any atom is 0.296 e. The number of pyridine rings is 1. The van der Waals surface area contributed by atoms with Crippen LogP contribution >= 0.6 is 0 Å². The van der Waals surface area contributed by atoms with Crippen molar-refractivity contribution in [2.24, 2.45) is 0 Å². The largest absolute Gasteiger partial charge is 0.494 e. The van der Waals surface area contributed by atoms with Crippen molar-refractivity contribution in [3.8, 4) is 5.75 Å². The highest BCUT2D eigenvalue weighted by Gasteiger charge is 2.44. The molecule has 0 N–H and O–H groups in total. The zero-order valence-corrected chi connectivity index (χ0v) is 17.5. The van der Waals surface area contributed by atoms with E-state index in [9.17, 15) is 14.0 Å². The van der Waals surface area contributed by atoms with Crippen LogP contribution in [0.4, 0.5) is 10.2 Å². The Labute approximate surface area is 182 Å². The number of benzene rings is 2. The number of nitrogens with zero attached hydrogens (tertiary/aromatic N) is 2. The van der Waals surface area contributed by atoms with Crippen molar-refractivity contribution in [3.05, 3.63) is 99.3 Å². The molecule has 0 radical (unpaired) electrons. The second-order valence-corrected chi connectivity index (χ2v) is 7.53. The minimum absolute atomic E-state index is 0.0655. The van der Waals surface area contributed by atoms with Crippen LogP contribution in [-0.2, 0) is 0 Å². The Morgan fingerprint density at radius 2 is 1.91 bits per heavy atom. The Hall–Kier alpha value is -4.00. The molecule has 1 aliphatic rings. The number of anilines is 1. The molecular weight excluding hydrogens is 411 g/mol. The quantitative estimate of drug-likeness (QED) is 0.466. The first-order valence-corrected chi connectivity index (χ1v) is 10.2. The predicted octanol–water partition coefficient (Wildman–Crippen LogP) is 4.78. The molecule has 32 heavy (non-hydrogen) atoms. The second kappa shape index (κ2) is 7.60. The summed E-state index contributed by atoms with van der Waals surface area (Å²) in [6.45, 7) is 4.17. The minimum atomic E-state index is -0.795. The van der Waals surface area contributed by atoms with E-state index in [-0.39, 0.29) is 22.3 Å². The van der Waals surface area contributed by atoms with Crippen LogP contribution in [0, 0.1) is 12.7 Å². The molecule has 1 amide bonds. The minimum Gasteiger partial charge on any atom is -0.494 e. The van der Waals surface area contributed by atoms with Gasteiger partial charge in [0.05, 0.1) is 23.6 Å². The topological polar surface area (TPSA) is 72.6 Å². The molecule has 0 fully saturated rings. The summed E-state index contributed by atoms with van der Waals surface area (Å²) >= 11 is 0. The first-order chi connectivity index (χ1) is 15.5. The van der Waals surface area contributed by atoms with Crippen LogP contribution in [0.15, 0.2) is 69.9 Å². The summed E-state index contributed by atoms with van der Waals surface area (Å²) in [5.74, 6) is -0.0965. The molecule has 5 rings (SSSR count). The van der Waals surface area contributed by atoms with E-state index in [0.717, 1.165) is 11.8 Å². The number of fused-ring (bicyclic) bond motifs is 2. The van der Waals surface area contributed by atoms with E-state index in [0.29, 0.717) is 23.7 Å². The lowest BCUT2D eigenvalue weighted by atomic mass is 9.98. The van der Waals surface area contributed by atoms with Gasteiger partial charge in [-0.15, -0.1) is 0 Å². The molecule has 0 saturated carbocycles. The zero-order valence-electron chi connectivity index (χ0n) is 17.5. The number of carbonyl (C=O) groups excluding carboxylic acids is 1. The van der Waals surface area contributed by atoms with Crippen LogP contribution in [0.3, 0.4) is 0 Å². The summed E-state index contributed by atoms with van der Waals surface area (Å²) < 4.78 is 25.4. The maximum atomic E-state index is 13.9. The van der Waals surface area contributed by atoms with E-state index in [1.165, 1.54) is 17.0 Å². The molecule has 3 heterocycles. The number of amides is 1. The molecule has 0 spiro atoms. The fraction of sp³-hybridized carbons (Fsp3) is 0.160. The summed E-state index contributed by atoms with van der Waals surface area (Å²) in [6, 6.07) is 15.4. The Morgan fingerprint density at radius 3 is 2.69 bits per heavy atom. The smallest absolute Gasteiger partial charge is 0.296 e. The number of carbonyl (C=O) groups is 1. The fourth-order valence-corrected chi connectivity index (χ4v) is 4.10. The predicted molar refractivity (Wildman–Crippen MR) is 118 cm³/mol. The number of aryl methyl sites for hydroxylation is 1. The van der Waals surface area contributed by atoms with Crippen molar-refractivity contribution in [2.75, 3.05) is 11.5 Å². The third-order valence-electron chi connectivity index (χ3n) is 5.44. The van der Waals surface area contributed by atoms with Crippen molar-refractivity contribution in [3.63, 3.8) is 0 Å². The van der Waals surface area contributed by atoms with Crippen molar-refractivity contribution in [1.82, 2.24) is 4.98 Å². The van der Waals surface area contributed by atoms with Gasteiger partial charge >= 0.3 is 0 Å². The molecule has 7 heteroatoms. The Kier molecular flexibility index (Phi) is 4.74.